The van der Waals surface area contributed by atoms with Gasteiger partial charge >= 0.3 is 0 Å². The Morgan fingerprint density at radius 2 is 1.80 bits per heavy atom. The van der Waals surface area contributed by atoms with Crippen LogP contribution in [0.15, 0.2) is 60.8 Å². The van der Waals surface area contributed by atoms with Crippen LogP contribution < -0.4 is 10.1 Å². The molecule has 1 heterocycles. The van der Waals surface area contributed by atoms with Crippen molar-refractivity contribution >= 4 is 10.9 Å². The van der Waals surface area contributed by atoms with Crippen LogP contribution in [0.2, 0.25) is 0 Å². The number of fused-ring (bicyclic) bond motifs is 1. The van der Waals surface area contributed by atoms with Crippen LogP contribution in [0.1, 0.15) is 19.4 Å². The second-order valence-electron chi connectivity index (χ2n) is 7.08. The molecule has 0 aliphatic rings. The monoisotopic (exact) mass is 338 g/mol. The zero-order chi connectivity index (χ0) is 17.7. The fourth-order valence-corrected chi connectivity index (χ4v) is 2.98. The Balaban J connectivity index is 1.51. The van der Waals surface area contributed by atoms with Gasteiger partial charge in [-0.1, -0.05) is 36.4 Å². The average molecular weight is 338 g/mol. The van der Waals surface area contributed by atoms with Gasteiger partial charge in [0.25, 0.3) is 0 Å². The fourth-order valence-electron chi connectivity index (χ4n) is 2.98. The van der Waals surface area contributed by atoms with Gasteiger partial charge in [-0.05, 0) is 44.0 Å². The van der Waals surface area contributed by atoms with Crippen LogP contribution in [-0.4, -0.2) is 34.9 Å². The highest BCUT2D eigenvalue weighted by atomic mass is 16.5. The molecule has 132 valence electrons. The number of para-hydroxylation sites is 2. The van der Waals surface area contributed by atoms with Gasteiger partial charge in [-0.2, -0.15) is 0 Å². The molecule has 4 nitrogen and oxygen atoms in total. The lowest BCUT2D eigenvalue weighted by Gasteiger charge is -2.28. The molecule has 2 aromatic carbocycles. The number of aliphatic hydroxyl groups excluding tert-OH is 1. The van der Waals surface area contributed by atoms with Crippen molar-refractivity contribution in [2.45, 2.75) is 31.9 Å². The first-order chi connectivity index (χ1) is 12.0. The smallest absolute Gasteiger partial charge is 0.119 e. The largest absolute Gasteiger partial charge is 0.491 e. The zero-order valence-corrected chi connectivity index (χ0v) is 14.8. The summed E-state index contributed by atoms with van der Waals surface area (Å²) in [5, 5.41) is 14.9. The summed E-state index contributed by atoms with van der Waals surface area (Å²) in [4.78, 5) is 3.32. The third-order valence-corrected chi connectivity index (χ3v) is 4.31. The van der Waals surface area contributed by atoms with Gasteiger partial charge in [0.15, 0.2) is 0 Å². The predicted octanol–water partition coefficient (Wildman–Crippen LogP) is 3.52. The number of aromatic nitrogens is 1. The van der Waals surface area contributed by atoms with Crippen molar-refractivity contribution in [3.8, 4) is 5.75 Å². The molecular formula is C21H26N2O2. The molecule has 3 N–H and O–H groups in total. The predicted molar refractivity (Wildman–Crippen MR) is 102 cm³/mol. The molecule has 0 amide bonds. The summed E-state index contributed by atoms with van der Waals surface area (Å²) in [5.41, 5.74) is 2.31. The lowest BCUT2D eigenvalue weighted by atomic mass is 9.94. The summed E-state index contributed by atoms with van der Waals surface area (Å²) < 4.78 is 5.60. The number of ether oxygens (including phenoxy) is 1. The molecule has 0 fully saturated rings. The fraction of sp³-hybridized carbons (Fsp3) is 0.333. The second kappa shape index (κ2) is 7.72. The number of hydrogen-bond acceptors (Lipinski definition) is 3. The molecule has 3 rings (SSSR count). The summed E-state index contributed by atoms with van der Waals surface area (Å²) in [5.74, 6) is 0.777. The van der Waals surface area contributed by atoms with Gasteiger partial charge in [-0.25, -0.2) is 0 Å². The van der Waals surface area contributed by atoms with Gasteiger partial charge < -0.3 is 20.1 Å². The second-order valence-corrected chi connectivity index (χ2v) is 7.08. The van der Waals surface area contributed by atoms with Crippen LogP contribution in [0.25, 0.3) is 10.9 Å². The van der Waals surface area contributed by atoms with Gasteiger partial charge in [0.1, 0.15) is 18.5 Å². The van der Waals surface area contributed by atoms with Gasteiger partial charge in [0.05, 0.1) is 0 Å². The maximum Gasteiger partial charge on any atom is 0.119 e. The summed E-state index contributed by atoms with van der Waals surface area (Å²) >= 11 is 0. The van der Waals surface area contributed by atoms with Crippen molar-refractivity contribution in [3.05, 3.63) is 66.4 Å². The Morgan fingerprint density at radius 1 is 1.08 bits per heavy atom. The molecule has 25 heavy (non-hydrogen) atoms. The van der Waals surface area contributed by atoms with E-state index in [4.69, 9.17) is 4.74 Å². The van der Waals surface area contributed by atoms with Crippen LogP contribution in [0.4, 0.5) is 0 Å². The van der Waals surface area contributed by atoms with E-state index >= 15 is 0 Å². The lowest BCUT2D eigenvalue weighted by molar-refractivity contribution is 0.0989. The number of aromatic amines is 1. The standard InChI is InChI=1S/C21H26N2O2/c1-21(2,12-16-13-22-20-11-7-6-10-19(16)20)23-14-17(24)15-25-18-8-4-3-5-9-18/h3-11,13,17,22-24H,12,14-15H2,1-2H3. The van der Waals surface area contributed by atoms with Crippen molar-refractivity contribution in [1.29, 1.82) is 0 Å². The van der Waals surface area contributed by atoms with Crippen LogP contribution in [0.5, 0.6) is 5.75 Å². The molecule has 0 saturated carbocycles. The maximum atomic E-state index is 10.2. The summed E-state index contributed by atoms with van der Waals surface area (Å²) in [6, 6.07) is 17.9. The van der Waals surface area contributed by atoms with Gasteiger partial charge in [0.2, 0.25) is 0 Å². The molecular weight excluding hydrogens is 312 g/mol. The molecule has 0 spiro atoms. The van der Waals surface area contributed by atoms with Gasteiger partial charge in [-0.15, -0.1) is 0 Å². The van der Waals surface area contributed by atoms with Crippen molar-refractivity contribution in [1.82, 2.24) is 10.3 Å². The van der Waals surface area contributed by atoms with E-state index in [9.17, 15) is 5.11 Å². The van der Waals surface area contributed by atoms with Crippen LogP contribution in [0.3, 0.4) is 0 Å². The molecule has 0 aliphatic carbocycles. The third-order valence-electron chi connectivity index (χ3n) is 4.31. The molecule has 1 unspecified atom stereocenters. The number of benzene rings is 2. The van der Waals surface area contributed by atoms with E-state index in [1.54, 1.807) is 0 Å². The number of β-amino-alcohol motifs (C(OH)–C–C–N with tert-alkyl or cyclic N) is 1. The van der Waals surface area contributed by atoms with Crippen molar-refractivity contribution in [2.24, 2.45) is 0 Å². The Hall–Kier alpha value is -2.30. The van der Waals surface area contributed by atoms with Gasteiger partial charge in [-0.3, -0.25) is 0 Å². The maximum absolute atomic E-state index is 10.2. The lowest BCUT2D eigenvalue weighted by Crippen LogP contribution is -2.46. The van der Waals surface area contributed by atoms with Crippen LogP contribution in [-0.2, 0) is 6.42 Å². The summed E-state index contributed by atoms with van der Waals surface area (Å²) in [7, 11) is 0. The van der Waals surface area contributed by atoms with Crippen molar-refractivity contribution in [2.75, 3.05) is 13.2 Å². The van der Waals surface area contributed by atoms with E-state index < -0.39 is 6.10 Å². The quantitative estimate of drug-likeness (QED) is 0.589. The summed E-state index contributed by atoms with van der Waals surface area (Å²) in [6.07, 6.45) is 2.40. The third kappa shape index (κ3) is 4.84. The number of H-pyrrole nitrogens is 1. The topological polar surface area (TPSA) is 57.3 Å². The Kier molecular flexibility index (Phi) is 5.41. The SMILES string of the molecule is CC(C)(Cc1c[nH]c2ccccc12)NCC(O)COc1ccccc1. The van der Waals surface area contributed by atoms with Crippen LogP contribution >= 0.6 is 0 Å². The van der Waals surface area contributed by atoms with E-state index in [2.05, 4.69) is 48.5 Å². The minimum atomic E-state index is -0.553. The minimum Gasteiger partial charge on any atom is -0.491 e. The number of rotatable bonds is 8. The Bertz CT molecular complexity index is 796. The van der Waals surface area contributed by atoms with Crippen LogP contribution in [0, 0.1) is 0 Å². The molecule has 0 aliphatic heterocycles. The van der Waals surface area contributed by atoms with E-state index in [0.717, 1.165) is 17.7 Å². The molecule has 3 aromatic rings. The normalized spacial score (nSPS) is 13.1. The highest BCUT2D eigenvalue weighted by molar-refractivity contribution is 5.83. The number of nitrogens with one attached hydrogen (secondary N) is 2. The molecule has 1 atom stereocenters. The zero-order valence-electron chi connectivity index (χ0n) is 14.8. The van der Waals surface area contributed by atoms with E-state index in [1.807, 2.05) is 36.4 Å². The Labute approximate surface area is 148 Å². The molecule has 0 bridgehead atoms. The highest BCUT2D eigenvalue weighted by Gasteiger charge is 2.21. The first-order valence-electron chi connectivity index (χ1n) is 8.69. The Morgan fingerprint density at radius 3 is 2.60 bits per heavy atom. The molecule has 1 aromatic heterocycles. The molecule has 0 saturated heterocycles. The first kappa shape index (κ1) is 17.5. The highest BCUT2D eigenvalue weighted by Crippen LogP contribution is 2.22. The van der Waals surface area contributed by atoms with Crippen molar-refractivity contribution in [3.63, 3.8) is 0 Å². The van der Waals surface area contributed by atoms with Crippen molar-refractivity contribution < 1.29 is 9.84 Å². The minimum absolute atomic E-state index is 0.126. The van der Waals surface area contributed by atoms with E-state index in [0.29, 0.717) is 6.54 Å². The number of hydrogen-bond donors (Lipinski definition) is 3. The first-order valence-corrected chi connectivity index (χ1v) is 8.69. The van der Waals surface area contributed by atoms with E-state index in [1.165, 1.54) is 10.9 Å². The molecule has 4 heteroatoms. The van der Waals surface area contributed by atoms with E-state index in [-0.39, 0.29) is 12.1 Å². The number of aliphatic hydroxyl groups is 1. The average Bonchev–Trinajstić information content (AvgIpc) is 3.02. The molecule has 0 radical (unpaired) electrons. The summed E-state index contributed by atoms with van der Waals surface area (Å²) in [6.45, 7) is 5.07. The van der Waals surface area contributed by atoms with Gasteiger partial charge in [0, 0.05) is 29.2 Å².